The molecule has 0 aliphatic rings. The Bertz CT molecular complexity index is 843. The minimum atomic E-state index is -3.76. The standard InChI is InChI=1S/C20H27N3O3S.ClH/c1-17-9-11-19(12-10-17)27(25,26)23(18-7-5-4-6-8-18)15-13-20(24)22(3)16-14-21-2;/h4-12,21H,13-16H2,1-3H3;1H. The molecule has 154 valence electrons. The number of nitrogens with zero attached hydrogens (tertiary/aromatic N) is 2. The Morgan fingerprint density at radius 2 is 1.61 bits per heavy atom. The van der Waals surface area contributed by atoms with E-state index in [0.29, 0.717) is 18.8 Å². The molecule has 8 heteroatoms. The lowest BCUT2D eigenvalue weighted by Gasteiger charge is -2.25. The molecule has 2 rings (SSSR count). The minimum absolute atomic E-state index is 0. The smallest absolute Gasteiger partial charge is 0.264 e. The van der Waals surface area contributed by atoms with Crippen LogP contribution in [-0.2, 0) is 14.8 Å². The molecule has 0 saturated heterocycles. The van der Waals surface area contributed by atoms with Crippen LogP contribution in [0.1, 0.15) is 12.0 Å². The van der Waals surface area contributed by atoms with E-state index < -0.39 is 10.0 Å². The van der Waals surface area contributed by atoms with Crippen molar-refractivity contribution in [3.63, 3.8) is 0 Å². The zero-order chi connectivity index (χ0) is 19.9. The zero-order valence-electron chi connectivity index (χ0n) is 16.5. The molecule has 0 fully saturated rings. The van der Waals surface area contributed by atoms with Gasteiger partial charge in [0.15, 0.2) is 0 Å². The van der Waals surface area contributed by atoms with Gasteiger partial charge in [-0.05, 0) is 38.2 Å². The SMILES string of the molecule is CNCCN(C)C(=O)CCN(c1ccccc1)S(=O)(=O)c1ccc(C)cc1.Cl. The van der Waals surface area contributed by atoms with Crippen molar-refractivity contribution in [1.82, 2.24) is 10.2 Å². The van der Waals surface area contributed by atoms with Gasteiger partial charge in [0.25, 0.3) is 10.0 Å². The van der Waals surface area contributed by atoms with Crippen LogP contribution in [0.2, 0.25) is 0 Å². The summed E-state index contributed by atoms with van der Waals surface area (Å²) < 4.78 is 27.7. The number of likely N-dealkylation sites (N-methyl/N-ethyl adjacent to an activating group) is 2. The molecule has 0 saturated carbocycles. The van der Waals surface area contributed by atoms with Crippen molar-refractivity contribution in [3.8, 4) is 0 Å². The molecule has 0 heterocycles. The normalized spacial score (nSPS) is 10.8. The number of carbonyl (C=O) groups excluding carboxylic acids is 1. The maximum Gasteiger partial charge on any atom is 0.264 e. The van der Waals surface area contributed by atoms with E-state index in [2.05, 4.69) is 5.32 Å². The maximum atomic E-state index is 13.2. The highest BCUT2D eigenvalue weighted by molar-refractivity contribution is 7.92. The lowest BCUT2D eigenvalue weighted by atomic mass is 10.2. The van der Waals surface area contributed by atoms with Crippen LogP contribution in [0, 0.1) is 6.92 Å². The molecular weight excluding hydrogens is 398 g/mol. The van der Waals surface area contributed by atoms with Gasteiger partial charge in [0, 0.05) is 33.1 Å². The van der Waals surface area contributed by atoms with Crippen molar-refractivity contribution in [1.29, 1.82) is 0 Å². The third-order valence-corrected chi connectivity index (χ3v) is 6.15. The van der Waals surface area contributed by atoms with Crippen LogP contribution in [0.3, 0.4) is 0 Å². The van der Waals surface area contributed by atoms with Crippen molar-refractivity contribution in [2.45, 2.75) is 18.2 Å². The number of nitrogens with one attached hydrogen (secondary N) is 1. The average Bonchev–Trinajstić information content (AvgIpc) is 2.67. The summed E-state index contributed by atoms with van der Waals surface area (Å²) in [5.41, 5.74) is 1.53. The fourth-order valence-corrected chi connectivity index (χ4v) is 4.08. The van der Waals surface area contributed by atoms with Gasteiger partial charge in [-0.25, -0.2) is 8.42 Å². The number of amides is 1. The average molecular weight is 426 g/mol. The molecule has 1 amide bonds. The summed E-state index contributed by atoms with van der Waals surface area (Å²) in [5, 5.41) is 2.99. The van der Waals surface area contributed by atoms with E-state index in [1.165, 1.54) is 4.31 Å². The van der Waals surface area contributed by atoms with Crippen molar-refractivity contribution < 1.29 is 13.2 Å². The van der Waals surface area contributed by atoms with E-state index in [-0.39, 0.29) is 36.2 Å². The molecule has 0 aliphatic heterocycles. The van der Waals surface area contributed by atoms with Gasteiger partial charge in [0.1, 0.15) is 0 Å². The first-order valence-corrected chi connectivity index (χ1v) is 10.3. The minimum Gasteiger partial charge on any atom is -0.344 e. The molecule has 0 bridgehead atoms. The molecule has 1 N–H and O–H groups in total. The van der Waals surface area contributed by atoms with E-state index in [1.54, 1.807) is 60.5 Å². The second-order valence-corrected chi connectivity index (χ2v) is 8.26. The van der Waals surface area contributed by atoms with E-state index in [4.69, 9.17) is 0 Å². The Kier molecular flexibility index (Phi) is 9.45. The molecule has 6 nitrogen and oxygen atoms in total. The number of hydrogen-bond donors (Lipinski definition) is 1. The van der Waals surface area contributed by atoms with Crippen LogP contribution in [0.25, 0.3) is 0 Å². The summed E-state index contributed by atoms with van der Waals surface area (Å²) in [6, 6.07) is 15.6. The summed E-state index contributed by atoms with van der Waals surface area (Å²) in [5.74, 6) is -0.0923. The Morgan fingerprint density at radius 1 is 1.00 bits per heavy atom. The van der Waals surface area contributed by atoms with E-state index in [9.17, 15) is 13.2 Å². The quantitative estimate of drug-likeness (QED) is 0.670. The van der Waals surface area contributed by atoms with Crippen molar-refractivity contribution in [3.05, 3.63) is 60.2 Å². The lowest BCUT2D eigenvalue weighted by molar-refractivity contribution is -0.129. The van der Waals surface area contributed by atoms with Crippen molar-refractivity contribution in [2.24, 2.45) is 0 Å². The zero-order valence-corrected chi connectivity index (χ0v) is 18.1. The van der Waals surface area contributed by atoms with E-state index in [0.717, 1.165) is 5.56 Å². The molecular formula is C20H28ClN3O3S. The van der Waals surface area contributed by atoms with Gasteiger partial charge in [-0.3, -0.25) is 9.10 Å². The van der Waals surface area contributed by atoms with Crippen LogP contribution in [0.4, 0.5) is 5.69 Å². The van der Waals surface area contributed by atoms with Gasteiger partial charge in [-0.2, -0.15) is 0 Å². The van der Waals surface area contributed by atoms with Gasteiger partial charge in [-0.15, -0.1) is 12.4 Å². The Labute approximate surface area is 174 Å². The number of rotatable bonds is 9. The Hall–Kier alpha value is -2.09. The Morgan fingerprint density at radius 3 is 2.18 bits per heavy atom. The number of aryl methyl sites for hydroxylation is 1. The summed E-state index contributed by atoms with van der Waals surface area (Å²) in [6.45, 7) is 3.26. The largest absolute Gasteiger partial charge is 0.344 e. The molecule has 0 atom stereocenters. The fraction of sp³-hybridized carbons (Fsp3) is 0.350. The highest BCUT2D eigenvalue weighted by Gasteiger charge is 2.25. The monoisotopic (exact) mass is 425 g/mol. The molecule has 0 spiro atoms. The summed E-state index contributed by atoms with van der Waals surface area (Å²) in [7, 11) is -0.213. The number of halogens is 1. The highest BCUT2D eigenvalue weighted by atomic mass is 35.5. The van der Waals surface area contributed by atoms with Crippen LogP contribution < -0.4 is 9.62 Å². The fourth-order valence-electron chi connectivity index (χ4n) is 2.61. The predicted octanol–water partition coefficient (Wildman–Crippen LogP) is 2.68. The summed E-state index contributed by atoms with van der Waals surface area (Å²) >= 11 is 0. The van der Waals surface area contributed by atoms with Gasteiger partial charge in [0.2, 0.25) is 5.91 Å². The first kappa shape index (κ1) is 23.9. The van der Waals surface area contributed by atoms with Gasteiger partial charge in [-0.1, -0.05) is 35.9 Å². The highest BCUT2D eigenvalue weighted by Crippen LogP contribution is 2.24. The number of benzene rings is 2. The van der Waals surface area contributed by atoms with Gasteiger partial charge < -0.3 is 10.2 Å². The number of sulfonamides is 1. The number of carbonyl (C=O) groups is 1. The topological polar surface area (TPSA) is 69.7 Å². The number of hydrogen-bond acceptors (Lipinski definition) is 4. The molecule has 0 unspecified atom stereocenters. The Balaban J connectivity index is 0.00000392. The van der Waals surface area contributed by atoms with E-state index >= 15 is 0 Å². The van der Waals surface area contributed by atoms with Crippen LogP contribution in [-0.4, -0.2) is 53.0 Å². The van der Waals surface area contributed by atoms with Crippen LogP contribution in [0.5, 0.6) is 0 Å². The van der Waals surface area contributed by atoms with Crippen molar-refractivity contribution >= 4 is 34.0 Å². The summed E-state index contributed by atoms with van der Waals surface area (Å²) in [4.78, 5) is 14.2. The van der Waals surface area contributed by atoms with Crippen molar-refractivity contribution in [2.75, 3.05) is 38.0 Å². The number of para-hydroxylation sites is 1. The third kappa shape index (κ3) is 6.22. The number of anilines is 1. The predicted molar refractivity (Wildman–Crippen MR) is 116 cm³/mol. The molecule has 0 radical (unpaired) electrons. The first-order chi connectivity index (χ1) is 12.9. The molecule has 28 heavy (non-hydrogen) atoms. The van der Waals surface area contributed by atoms with Crippen LogP contribution >= 0.6 is 12.4 Å². The second-order valence-electron chi connectivity index (χ2n) is 6.39. The summed E-state index contributed by atoms with van der Waals surface area (Å²) in [6.07, 6.45) is 0.111. The molecule has 0 aromatic heterocycles. The second kappa shape index (κ2) is 11.0. The first-order valence-electron chi connectivity index (χ1n) is 8.89. The maximum absolute atomic E-state index is 13.2. The lowest BCUT2D eigenvalue weighted by Crippen LogP contribution is -2.37. The van der Waals surface area contributed by atoms with Gasteiger partial charge >= 0.3 is 0 Å². The molecule has 2 aromatic carbocycles. The van der Waals surface area contributed by atoms with E-state index in [1.807, 2.05) is 20.0 Å². The third-order valence-electron chi connectivity index (χ3n) is 4.30. The molecule has 2 aromatic rings. The van der Waals surface area contributed by atoms with Crippen LogP contribution in [0.15, 0.2) is 59.5 Å². The van der Waals surface area contributed by atoms with Gasteiger partial charge in [0.05, 0.1) is 10.6 Å². The molecule has 0 aliphatic carbocycles.